The third-order valence-corrected chi connectivity index (χ3v) is 4.02. The maximum absolute atomic E-state index is 13.2. The van der Waals surface area contributed by atoms with Crippen LogP contribution in [0.25, 0.3) is 0 Å². The molecule has 2 aromatic carbocycles. The molecular formula is C21H23FN2O2. The summed E-state index contributed by atoms with van der Waals surface area (Å²) < 4.78 is 18.9. The molecule has 2 unspecified atom stereocenters. The summed E-state index contributed by atoms with van der Waals surface area (Å²) in [6.45, 7) is 7.69. The number of benzene rings is 2. The molecule has 2 aromatic rings. The second kappa shape index (κ2) is 8.01. The molecule has 0 heterocycles. The average molecular weight is 354 g/mol. The van der Waals surface area contributed by atoms with Gasteiger partial charge in [0.25, 0.3) is 5.91 Å². The topological polar surface area (TPSA) is 62.1 Å². The lowest BCUT2D eigenvalue weighted by Crippen LogP contribution is -2.43. The van der Waals surface area contributed by atoms with Crippen molar-refractivity contribution >= 4 is 5.91 Å². The van der Waals surface area contributed by atoms with Crippen LogP contribution < -0.4 is 10.1 Å². The third kappa shape index (κ3) is 5.06. The molecule has 0 fully saturated rings. The summed E-state index contributed by atoms with van der Waals surface area (Å²) in [7, 11) is 0. The molecule has 5 heteroatoms. The number of amides is 1. The number of rotatable bonds is 5. The predicted molar refractivity (Wildman–Crippen MR) is 98.0 cm³/mol. The number of nitriles is 1. The molecule has 0 aliphatic carbocycles. The monoisotopic (exact) mass is 354 g/mol. The van der Waals surface area contributed by atoms with Crippen LogP contribution in [-0.4, -0.2) is 12.0 Å². The zero-order valence-electron chi connectivity index (χ0n) is 15.4. The van der Waals surface area contributed by atoms with E-state index in [2.05, 4.69) is 5.32 Å². The summed E-state index contributed by atoms with van der Waals surface area (Å²) in [5.74, 6) is -0.0652. The Bertz CT molecular complexity index is 787. The number of halogens is 1. The number of nitrogens with one attached hydrogen (secondary N) is 1. The molecule has 136 valence electrons. The molecule has 0 radical (unpaired) electrons. The van der Waals surface area contributed by atoms with Crippen LogP contribution in [0.3, 0.4) is 0 Å². The second-order valence-corrected chi connectivity index (χ2v) is 7.26. The molecular weight excluding hydrogens is 331 g/mol. The van der Waals surface area contributed by atoms with Crippen LogP contribution >= 0.6 is 0 Å². The van der Waals surface area contributed by atoms with Gasteiger partial charge in [0.05, 0.1) is 17.7 Å². The molecule has 1 amide bonds. The van der Waals surface area contributed by atoms with Gasteiger partial charge in [-0.1, -0.05) is 32.9 Å². The van der Waals surface area contributed by atoms with E-state index in [1.807, 2.05) is 26.8 Å². The van der Waals surface area contributed by atoms with Crippen LogP contribution in [0, 0.1) is 22.6 Å². The standard InChI is InChI=1S/C21H23FN2O2/c1-14(26-18-11-5-15(13-23)6-12-18)20(25)24-19(21(2,3)4)16-7-9-17(22)10-8-16/h5-12,14,19H,1-4H3,(H,24,25). The maximum atomic E-state index is 13.2. The molecule has 26 heavy (non-hydrogen) atoms. The van der Waals surface area contributed by atoms with Gasteiger partial charge in [0, 0.05) is 0 Å². The minimum Gasteiger partial charge on any atom is -0.481 e. The molecule has 1 N–H and O–H groups in total. The number of hydrogen-bond donors (Lipinski definition) is 1. The average Bonchev–Trinajstić information content (AvgIpc) is 2.60. The quantitative estimate of drug-likeness (QED) is 0.867. The number of carbonyl (C=O) groups is 1. The van der Waals surface area contributed by atoms with Crippen LogP contribution in [0.1, 0.15) is 44.9 Å². The van der Waals surface area contributed by atoms with Gasteiger partial charge < -0.3 is 10.1 Å². The minimum absolute atomic E-state index is 0.262. The SMILES string of the molecule is CC(Oc1ccc(C#N)cc1)C(=O)NC(c1ccc(F)cc1)C(C)(C)C. The Morgan fingerprint density at radius 1 is 1.12 bits per heavy atom. The molecule has 2 rings (SSSR count). The Labute approximate surface area is 153 Å². The zero-order chi connectivity index (χ0) is 19.3. The van der Waals surface area contributed by atoms with Crippen molar-refractivity contribution in [3.05, 3.63) is 65.5 Å². The Hall–Kier alpha value is -2.87. The van der Waals surface area contributed by atoms with E-state index in [9.17, 15) is 9.18 Å². The van der Waals surface area contributed by atoms with Crippen molar-refractivity contribution in [3.63, 3.8) is 0 Å². The molecule has 0 aromatic heterocycles. The highest BCUT2D eigenvalue weighted by Crippen LogP contribution is 2.33. The van der Waals surface area contributed by atoms with Gasteiger partial charge in [-0.25, -0.2) is 4.39 Å². The van der Waals surface area contributed by atoms with Gasteiger partial charge in [-0.15, -0.1) is 0 Å². The van der Waals surface area contributed by atoms with Crippen LogP contribution in [0.5, 0.6) is 5.75 Å². The highest BCUT2D eigenvalue weighted by atomic mass is 19.1. The van der Waals surface area contributed by atoms with Crippen molar-refractivity contribution in [2.45, 2.75) is 39.8 Å². The maximum Gasteiger partial charge on any atom is 0.261 e. The first-order valence-electron chi connectivity index (χ1n) is 8.43. The van der Waals surface area contributed by atoms with Crippen LogP contribution in [0.15, 0.2) is 48.5 Å². The number of nitrogens with zero attached hydrogens (tertiary/aromatic N) is 1. The molecule has 4 nitrogen and oxygen atoms in total. The lowest BCUT2D eigenvalue weighted by molar-refractivity contribution is -0.128. The Morgan fingerprint density at radius 3 is 2.19 bits per heavy atom. The minimum atomic E-state index is -0.715. The van der Waals surface area contributed by atoms with Crippen molar-refractivity contribution in [1.29, 1.82) is 5.26 Å². The largest absolute Gasteiger partial charge is 0.481 e. The van der Waals surface area contributed by atoms with E-state index >= 15 is 0 Å². The van der Waals surface area contributed by atoms with Crippen molar-refractivity contribution in [2.24, 2.45) is 5.41 Å². The Kier molecular flexibility index (Phi) is 5.99. The van der Waals surface area contributed by atoms with Crippen LogP contribution in [0.4, 0.5) is 4.39 Å². The van der Waals surface area contributed by atoms with E-state index in [0.29, 0.717) is 11.3 Å². The highest BCUT2D eigenvalue weighted by molar-refractivity contribution is 5.81. The van der Waals surface area contributed by atoms with Crippen molar-refractivity contribution in [1.82, 2.24) is 5.32 Å². The van der Waals surface area contributed by atoms with Crippen molar-refractivity contribution in [3.8, 4) is 11.8 Å². The van der Waals surface area contributed by atoms with Gasteiger partial charge in [-0.2, -0.15) is 5.26 Å². The van der Waals surface area contributed by atoms with Gasteiger partial charge in [-0.3, -0.25) is 4.79 Å². The van der Waals surface area contributed by atoms with Gasteiger partial charge in [0.2, 0.25) is 0 Å². The fraction of sp³-hybridized carbons (Fsp3) is 0.333. The van der Waals surface area contributed by atoms with Gasteiger partial charge in [0.1, 0.15) is 11.6 Å². The second-order valence-electron chi connectivity index (χ2n) is 7.26. The third-order valence-electron chi connectivity index (χ3n) is 4.02. The number of hydrogen-bond acceptors (Lipinski definition) is 3. The summed E-state index contributed by atoms with van der Waals surface area (Å²) in [4.78, 5) is 12.6. The van der Waals surface area contributed by atoms with Gasteiger partial charge >= 0.3 is 0 Å². The van der Waals surface area contributed by atoms with E-state index in [1.165, 1.54) is 12.1 Å². The predicted octanol–water partition coefficient (Wildman–Crippen LogP) is 4.37. The van der Waals surface area contributed by atoms with E-state index in [4.69, 9.17) is 10.00 Å². The van der Waals surface area contributed by atoms with Crippen molar-refractivity contribution in [2.75, 3.05) is 0 Å². The number of ether oxygens (including phenoxy) is 1. The molecule has 0 spiro atoms. The summed E-state index contributed by atoms with van der Waals surface area (Å²) in [6.07, 6.45) is -0.715. The lowest BCUT2D eigenvalue weighted by atomic mass is 9.82. The molecule has 0 saturated heterocycles. The normalized spacial score (nSPS) is 13.4. The van der Waals surface area contributed by atoms with E-state index in [1.54, 1.807) is 43.3 Å². The van der Waals surface area contributed by atoms with Crippen LogP contribution in [-0.2, 0) is 4.79 Å². The summed E-state index contributed by atoms with van der Waals surface area (Å²) in [5.41, 5.74) is 1.10. The summed E-state index contributed by atoms with van der Waals surface area (Å²) in [5, 5.41) is 11.8. The Morgan fingerprint density at radius 2 is 1.69 bits per heavy atom. The van der Waals surface area contributed by atoms with E-state index < -0.39 is 6.10 Å². The lowest BCUT2D eigenvalue weighted by Gasteiger charge is -2.33. The first kappa shape index (κ1) is 19.5. The summed E-state index contributed by atoms with van der Waals surface area (Å²) in [6, 6.07) is 14.5. The molecule has 0 aliphatic rings. The van der Waals surface area contributed by atoms with Gasteiger partial charge in [-0.05, 0) is 54.3 Å². The molecule has 0 aliphatic heterocycles. The molecule has 0 bridgehead atoms. The molecule has 0 saturated carbocycles. The van der Waals surface area contributed by atoms with Crippen molar-refractivity contribution < 1.29 is 13.9 Å². The van der Waals surface area contributed by atoms with Crippen LogP contribution in [0.2, 0.25) is 0 Å². The fourth-order valence-corrected chi connectivity index (χ4v) is 2.58. The Balaban J connectivity index is 2.10. The summed E-state index contributed by atoms with van der Waals surface area (Å²) >= 11 is 0. The highest BCUT2D eigenvalue weighted by Gasteiger charge is 2.29. The fourth-order valence-electron chi connectivity index (χ4n) is 2.58. The molecule has 2 atom stereocenters. The van der Waals surface area contributed by atoms with E-state index in [0.717, 1.165) is 5.56 Å². The zero-order valence-corrected chi connectivity index (χ0v) is 15.4. The van der Waals surface area contributed by atoms with Gasteiger partial charge in [0.15, 0.2) is 6.10 Å². The van der Waals surface area contributed by atoms with E-state index in [-0.39, 0.29) is 23.2 Å². The number of carbonyl (C=O) groups excluding carboxylic acids is 1. The first-order valence-corrected chi connectivity index (χ1v) is 8.43. The first-order chi connectivity index (χ1) is 12.2. The smallest absolute Gasteiger partial charge is 0.261 e.